The van der Waals surface area contributed by atoms with Gasteiger partial charge in [0, 0.05) is 17.2 Å². The van der Waals surface area contributed by atoms with Crippen molar-refractivity contribution in [1.82, 2.24) is 9.38 Å². The number of aromatic nitrogens is 2. The molecule has 0 atom stereocenters. The smallest absolute Gasteiger partial charge is 0.268 e. The number of nitrogens with zero attached hydrogens (tertiary/aromatic N) is 3. The van der Waals surface area contributed by atoms with Crippen molar-refractivity contribution in [2.24, 2.45) is 0 Å². The standard InChI is InChI=1S/C15H11N3O3S/c1-10-2-5-12(6-3-10)22-13-8-16-14-7-4-11(18(20)21)9-17(14)15(13)19/h2-9H,1H3. The Balaban J connectivity index is 2.07. The van der Waals surface area contributed by atoms with Gasteiger partial charge in [0.2, 0.25) is 0 Å². The Morgan fingerprint density at radius 1 is 1.18 bits per heavy atom. The quantitative estimate of drug-likeness (QED) is 0.548. The fourth-order valence-corrected chi connectivity index (χ4v) is 2.78. The lowest BCUT2D eigenvalue weighted by Gasteiger charge is -2.04. The number of hydrogen-bond acceptors (Lipinski definition) is 5. The SMILES string of the molecule is Cc1ccc(Sc2cnc3ccc([N+](=O)[O-])cn3c2=O)cc1. The molecule has 0 amide bonds. The van der Waals surface area contributed by atoms with Crippen LogP contribution in [0.5, 0.6) is 0 Å². The summed E-state index contributed by atoms with van der Waals surface area (Å²) in [6.45, 7) is 1.99. The van der Waals surface area contributed by atoms with Crippen LogP contribution in [-0.4, -0.2) is 14.3 Å². The largest absolute Gasteiger partial charge is 0.286 e. The Morgan fingerprint density at radius 2 is 1.91 bits per heavy atom. The van der Waals surface area contributed by atoms with Crippen LogP contribution in [0.4, 0.5) is 5.69 Å². The number of fused-ring (bicyclic) bond motifs is 1. The van der Waals surface area contributed by atoms with Crippen LogP contribution in [0.1, 0.15) is 5.56 Å². The van der Waals surface area contributed by atoms with Crippen molar-refractivity contribution >= 4 is 23.1 Å². The summed E-state index contributed by atoms with van der Waals surface area (Å²) in [5.41, 5.74) is 1.05. The van der Waals surface area contributed by atoms with E-state index in [1.54, 1.807) is 0 Å². The number of hydrogen-bond donors (Lipinski definition) is 0. The van der Waals surface area contributed by atoms with Crippen LogP contribution in [0.15, 0.2) is 63.4 Å². The first-order chi connectivity index (χ1) is 10.5. The molecule has 7 heteroatoms. The lowest BCUT2D eigenvalue weighted by Crippen LogP contribution is -2.16. The van der Waals surface area contributed by atoms with Gasteiger partial charge in [0.15, 0.2) is 0 Å². The van der Waals surface area contributed by atoms with Gasteiger partial charge in [-0.2, -0.15) is 0 Å². The second kappa shape index (κ2) is 5.61. The molecule has 6 nitrogen and oxygen atoms in total. The molecule has 0 saturated carbocycles. The van der Waals surface area contributed by atoms with E-state index in [2.05, 4.69) is 4.98 Å². The van der Waals surface area contributed by atoms with Crippen LogP contribution < -0.4 is 5.56 Å². The van der Waals surface area contributed by atoms with Gasteiger partial charge < -0.3 is 0 Å². The Hall–Kier alpha value is -2.67. The third-order valence-corrected chi connectivity index (χ3v) is 4.12. The van der Waals surface area contributed by atoms with Crippen LogP contribution in [0.3, 0.4) is 0 Å². The summed E-state index contributed by atoms with van der Waals surface area (Å²) in [6.07, 6.45) is 2.69. The van der Waals surface area contributed by atoms with Crippen molar-refractivity contribution in [2.75, 3.05) is 0 Å². The maximum absolute atomic E-state index is 12.5. The molecule has 22 heavy (non-hydrogen) atoms. The van der Waals surface area contributed by atoms with Crippen molar-refractivity contribution in [3.05, 3.63) is 74.8 Å². The highest BCUT2D eigenvalue weighted by atomic mass is 32.2. The molecule has 0 aliphatic rings. The minimum Gasteiger partial charge on any atom is -0.268 e. The van der Waals surface area contributed by atoms with E-state index < -0.39 is 4.92 Å². The highest BCUT2D eigenvalue weighted by molar-refractivity contribution is 7.99. The van der Waals surface area contributed by atoms with Gasteiger partial charge in [0.1, 0.15) is 5.65 Å². The molecule has 0 saturated heterocycles. The van der Waals surface area contributed by atoms with E-state index in [1.807, 2.05) is 31.2 Å². The van der Waals surface area contributed by atoms with E-state index in [4.69, 9.17) is 0 Å². The van der Waals surface area contributed by atoms with Crippen molar-refractivity contribution in [3.8, 4) is 0 Å². The molecule has 110 valence electrons. The van der Waals surface area contributed by atoms with E-state index in [0.717, 1.165) is 10.5 Å². The number of rotatable bonds is 3. The first kappa shape index (κ1) is 14.3. The van der Waals surface area contributed by atoms with Gasteiger partial charge in [0.25, 0.3) is 11.2 Å². The molecule has 0 aliphatic carbocycles. The van der Waals surface area contributed by atoms with Gasteiger partial charge in [-0.05, 0) is 25.1 Å². The molecule has 2 heterocycles. The zero-order valence-corrected chi connectivity index (χ0v) is 12.4. The summed E-state index contributed by atoms with van der Waals surface area (Å²) in [6, 6.07) is 10.5. The number of aryl methyl sites for hydroxylation is 1. The number of benzene rings is 1. The molecule has 2 aromatic heterocycles. The first-order valence-electron chi connectivity index (χ1n) is 6.45. The monoisotopic (exact) mass is 313 g/mol. The van der Waals surface area contributed by atoms with Gasteiger partial charge in [-0.3, -0.25) is 19.3 Å². The highest BCUT2D eigenvalue weighted by Crippen LogP contribution is 2.25. The maximum atomic E-state index is 12.5. The van der Waals surface area contributed by atoms with Crippen molar-refractivity contribution in [1.29, 1.82) is 0 Å². The van der Waals surface area contributed by atoms with E-state index in [0.29, 0.717) is 10.5 Å². The molecule has 0 spiro atoms. The summed E-state index contributed by atoms with van der Waals surface area (Å²) in [5.74, 6) is 0. The molecule has 0 N–H and O–H groups in total. The molecule has 0 aliphatic heterocycles. The minimum absolute atomic E-state index is 0.145. The molecule has 3 rings (SSSR count). The summed E-state index contributed by atoms with van der Waals surface area (Å²) >= 11 is 1.29. The second-order valence-corrected chi connectivity index (χ2v) is 5.83. The Kier molecular flexibility index (Phi) is 3.64. The first-order valence-corrected chi connectivity index (χ1v) is 7.26. The third-order valence-electron chi connectivity index (χ3n) is 3.11. The van der Waals surface area contributed by atoms with Crippen LogP contribution in [0, 0.1) is 17.0 Å². The van der Waals surface area contributed by atoms with Crippen molar-refractivity contribution in [3.63, 3.8) is 0 Å². The normalized spacial score (nSPS) is 10.8. The average molecular weight is 313 g/mol. The molecule has 0 fully saturated rings. The van der Waals surface area contributed by atoms with Crippen molar-refractivity contribution in [2.45, 2.75) is 16.7 Å². The molecule has 0 radical (unpaired) electrons. The van der Waals surface area contributed by atoms with Gasteiger partial charge in [0.05, 0.1) is 16.0 Å². The number of nitro groups is 1. The number of pyridine rings is 1. The zero-order valence-electron chi connectivity index (χ0n) is 11.6. The maximum Gasteiger partial charge on any atom is 0.286 e. The van der Waals surface area contributed by atoms with Crippen LogP contribution in [0.25, 0.3) is 5.65 Å². The lowest BCUT2D eigenvalue weighted by atomic mass is 10.2. The fourth-order valence-electron chi connectivity index (χ4n) is 1.96. The second-order valence-electron chi connectivity index (χ2n) is 4.72. The van der Waals surface area contributed by atoms with E-state index in [9.17, 15) is 14.9 Å². The van der Waals surface area contributed by atoms with Crippen molar-refractivity contribution < 1.29 is 4.92 Å². The minimum atomic E-state index is -0.536. The van der Waals surface area contributed by atoms with E-state index in [-0.39, 0.29) is 11.2 Å². The topological polar surface area (TPSA) is 77.5 Å². The van der Waals surface area contributed by atoms with E-state index >= 15 is 0 Å². The lowest BCUT2D eigenvalue weighted by molar-refractivity contribution is -0.385. The van der Waals surface area contributed by atoms with Gasteiger partial charge >= 0.3 is 0 Å². The van der Waals surface area contributed by atoms with Gasteiger partial charge in [-0.15, -0.1) is 0 Å². The molecule has 0 unspecified atom stereocenters. The molecular weight excluding hydrogens is 302 g/mol. The summed E-state index contributed by atoms with van der Waals surface area (Å²) in [7, 11) is 0. The Labute approximate surface area is 129 Å². The van der Waals surface area contributed by atoms with Crippen LogP contribution >= 0.6 is 11.8 Å². The molecular formula is C15H11N3O3S. The third kappa shape index (κ3) is 2.71. The summed E-state index contributed by atoms with van der Waals surface area (Å²) in [5, 5.41) is 10.8. The molecule has 0 bridgehead atoms. The Bertz CT molecular complexity index is 919. The molecule has 3 aromatic rings. The predicted octanol–water partition coefficient (Wildman–Crippen LogP) is 3.06. The van der Waals surface area contributed by atoms with E-state index in [1.165, 1.54) is 40.7 Å². The Morgan fingerprint density at radius 3 is 2.59 bits per heavy atom. The summed E-state index contributed by atoms with van der Waals surface area (Å²) < 4.78 is 1.20. The fraction of sp³-hybridized carbons (Fsp3) is 0.0667. The molecule has 1 aromatic carbocycles. The average Bonchev–Trinajstić information content (AvgIpc) is 2.52. The predicted molar refractivity (Wildman–Crippen MR) is 83.4 cm³/mol. The highest BCUT2D eigenvalue weighted by Gasteiger charge is 2.11. The zero-order chi connectivity index (χ0) is 15.7. The van der Waals surface area contributed by atoms with Crippen LogP contribution in [0.2, 0.25) is 0 Å². The van der Waals surface area contributed by atoms with Crippen LogP contribution in [-0.2, 0) is 0 Å². The van der Waals surface area contributed by atoms with Gasteiger partial charge in [-0.1, -0.05) is 29.5 Å². The summed E-state index contributed by atoms with van der Waals surface area (Å²) in [4.78, 5) is 28.3. The van der Waals surface area contributed by atoms with Gasteiger partial charge in [-0.25, -0.2) is 4.98 Å².